The second kappa shape index (κ2) is 6.93. The van der Waals surface area contributed by atoms with Crippen molar-refractivity contribution in [3.8, 4) is 0 Å². The van der Waals surface area contributed by atoms with Crippen molar-refractivity contribution in [2.75, 3.05) is 6.54 Å². The highest BCUT2D eigenvalue weighted by Gasteiger charge is 1.90. The van der Waals surface area contributed by atoms with Crippen LogP contribution in [0.5, 0.6) is 0 Å². The van der Waals surface area contributed by atoms with Crippen LogP contribution >= 0.6 is 12.6 Å². The molecule has 3 heteroatoms. The Balaban J connectivity index is 2.84. The van der Waals surface area contributed by atoms with E-state index in [2.05, 4.69) is 24.9 Å². The van der Waals surface area contributed by atoms with Gasteiger partial charge in [0.15, 0.2) is 0 Å². The minimum atomic E-state index is -0.225. The Kier molecular flexibility index (Phi) is 6.81. The fourth-order valence-corrected chi connectivity index (χ4v) is 0.859. The SMILES string of the molecule is CCCCCCNC(=O)S. The van der Waals surface area contributed by atoms with Crippen molar-refractivity contribution in [1.82, 2.24) is 5.32 Å². The van der Waals surface area contributed by atoms with E-state index in [0.717, 1.165) is 13.0 Å². The van der Waals surface area contributed by atoms with Crippen molar-refractivity contribution in [2.45, 2.75) is 32.6 Å². The largest absolute Gasteiger partial charge is 0.347 e. The number of thiol groups is 1. The molecule has 0 aromatic rings. The Morgan fingerprint density at radius 2 is 2.10 bits per heavy atom. The van der Waals surface area contributed by atoms with Crippen LogP contribution < -0.4 is 5.32 Å². The molecule has 0 saturated heterocycles. The van der Waals surface area contributed by atoms with Crippen LogP contribution in [0.25, 0.3) is 0 Å². The Bertz CT molecular complexity index is 95.6. The van der Waals surface area contributed by atoms with Crippen LogP contribution in [0.2, 0.25) is 0 Å². The van der Waals surface area contributed by atoms with Crippen LogP contribution in [0, 0.1) is 0 Å². The highest BCUT2D eigenvalue weighted by Crippen LogP contribution is 1.96. The number of hydrogen-bond donors (Lipinski definition) is 2. The van der Waals surface area contributed by atoms with Crippen molar-refractivity contribution in [1.29, 1.82) is 0 Å². The maximum atomic E-state index is 10.2. The normalized spacial score (nSPS) is 9.40. The van der Waals surface area contributed by atoms with E-state index < -0.39 is 0 Å². The van der Waals surface area contributed by atoms with E-state index in [-0.39, 0.29) is 5.24 Å². The predicted octanol–water partition coefficient (Wildman–Crippen LogP) is 2.21. The van der Waals surface area contributed by atoms with Gasteiger partial charge in [-0.3, -0.25) is 4.79 Å². The summed E-state index contributed by atoms with van der Waals surface area (Å²) in [5.41, 5.74) is 0. The number of rotatable bonds is 5. The standard InChI is InChI=1S/C7H15NOS/c1-2-3-4-5-6-8-7(9)10/h2-6H2,1H3,(H2,8,9,10). The summed E-state index contributed by atoms with van der Waals surface area (Å²) < 4.78 is 0. The highest BCUT2D eigenvalue weighted by atomic mass is 32.1. The van der Waals surface area contributed by atoms with E-state index in [4.69, 9.17) is 0 Å². The average Bonchev–Trinajstić information content (AvgIpc) is 1.87. The number of carbonyl (C=O) groups excluding carboxylic acids is 1. The van der Waals surface area contributed by atoms with E-state index in [9.17, 15) is 4.79 Å². The third-order valence-corrected chi connectivity index (χ3v) is 1.46. The molecule has 0 radical (unpaired) electrons. The third-order valence-electron chi connectivity index (χ3n) is 1.31. The topological polar surface area (TPSA) is 29.1 Å². The first-order valence-electron chi connectivity index (χ1n) is 3.74. The fourth-order valence-electron chi connectivity index (χ4n) is 0.747. The number of nitrogens with one attached hydrogen (secondary N) is 1. The zero-order chi connectivity index (χ0) is 7.82. The summed E-state index contributed by atoms with van der Waals surface area (Å²) >= 11 is 3.57. The number of carbonyl (C=O) groups is 1. The van der Waals surface area contributed by atoms with Crippen LogP contribution in [0.1, 0.15) is 32.6 Å². The first kappa shape index (κ1) is 9.82. The summed E-state index contributed by atoms with van der Waals surface area (Å²) in [7, 11) is 0. The molecule has 0 heterocycles. The number of hydrogen-bond acceptors (Lipinski definition) is 1. The van der Waals surface area contributed by atoms with Crippen molar-refractivity contribution >= 4 is 17.9 Å². The summed E-state index contributed by atoms with van der Waals surface area (Å²) in [6.07, 6.45) is 4.75. The van der Waals surface area contributed by atoms with Gasteiger partial charge < -0.3 is 5.32 Å². The predicted molar refractivity (Wildman–Crippen MR) is 46.5 cm³/mol. The zero-order valence-corrected chi connectivity index (χ0v) is 7.29. The third kappa shape index (κ3) is 7.82. The lowest BCUT2D eigenvalue weighted by Gasteiger charge is -1.98. The summed E-state index contributed by atoms with van der Waals surface area (Å²) in [6.45, 7) is 2.93. The van der Waals surface area contributed by atoms with Gasteiger partial charge >= 0.3 is 0 Å². The smallest absolute Gasteiger partial charge is 0.275 e. The fraction of sp³-hybridized carbons (Fsp3) is 0.857. The summed E-state index contributed by atoms with van der Waals surface area (Å²) in [4.78, 5) is 10.2. The molecule has 0 aliphatic heterocycles. The van der Waals surface area contributed by atoms with Gasteiger partial charge in [0.05, 0.1) is 0 Å². The second-order valence-electron chi connectivity index (χ2n) is 2.29. The lowest BCUT2D eigenvalue weighted by Crippen LogP contribution is -2.17. The molecule has 0 atom stereocenters. The molecule has 0 unspecified atom stereocenters. The van der Waals surface area contributed by atoms with Gasteiger partial charge in [0.25, 0.3) is 5.24 Å². The molecular weight excluding hydrogens is 146 g/mol. The van der Waals surface area contributed by atoms with Crippen molar-refractivity contribution in [3.63, 3.8) is 0 Å². The zero-order valence-electron chi connectivity index (χ0n) is 6.39. The van der Waals surface area contributed by atoms with E-state index in [1.807, 2.05) is 0 Å². The lowest BCUT2D eigenvalue weighted by atomic mass is 10.2. The van der Waals surface area contributed by atoms with E-state index >= 15 is 0 Å². The van der Waals surface area contributed by atoms with Crippen molar-refractivity contribution in [3.05, 3.63) is 0 Å². The molecule has 0 saturated carbocycles. The average molecular weight is 161 g/mol. The van der Waals surface area contributed by atoms with E-state index in [1.165, 1.54) is 19.3 Å². The molecule has 0 fully saturated rings. The number of amides is 1. The minimum Gasteiger partial charge on any atom is -0.347 e. The van der Waals surface area contributed by atoms with E-state index in [0.29, 0.717) is 0 Å². The summed E-state index contributed by atoms with van der Waals surface area (Å²) in [5.74, 6) is 0. The Morgan fingerprint density at radius 1 is 1.40 bits per heavy atom. The van der Waals surface area contributed by atoms with Crippen LogP contribution in [-0.2, 0) is 0 Å². The molecule has 0 bridgehead atoms. The van der Waals surface area contributed by atoms with Gasteiger partial charge in [-0.25, -0.2) is 0 Å². The molecule has 0 spiro atoms. The highest BCUT2D eigenvalue weighted by molar-refractivity contribution is 7.96. The molecule has 10 heavy (non-hydrogen) atoms. The molecule has 0 aromatic carbocycles. The number of unbranched alkanes of at least 4 members (excludes halogenated alkanes) is 3. The molecule has 0 aromatic heterocycles. The maximum absolute atomic E-state index is 10.2. The molecule has 1 N–H and O–H groups in total. The first-order valence-corrected chi connectivity index (χ1v) is 4.19. The Labute approximate surface area is 67.8 Å². The van der Waals surface area contributed by atoms with Gasteiger partial charge in [0, 0.05) is 6.54 Å². The van der Waals surface area contributed by atoms with Crippen LogP contribution in [0.3, 0.4) is 0 Å². The molecule has 1 amide bonds. The Hall–Kier alpha value is -0.180. The summed E-state index contributed by atoms with van der Waals surface area (Å²) in [6, 6.07) is 0. The quantitative estimate of drug-likeness (QED) is 0.470. The van der Waals surface area contributed by atoms with Crippen LogP contribution in [0.4, 0.5) is 4.79 Å². The maximum Gasteiger partial charge on any atom is 0.275 e. The van der Waals surface area contributed by atoms with Gasteiger partial charge in [-0.2, -0.15) is 0 Å². The lowest BCUT2D eigenvalue weighted by molar-refractivity contribution is 0.261. The Morgan fingerprint density at radius 3 is 2.60 bits per heavy atom. The molecule has 2 nitrogen and oxygen atoms in total. The van der Waals surface area contributed by atoms with Crippen LogP contribution in [0.15, 0.2) is 0 Å². The van der Waals surface area contributed by atoms with Gasteiger partial charge in [-0.15, -0.1) is 0 Å². The van der Waals surface area contributed by atoms with Gasteiger partial charge in [0.1, 0.15) is 0 Å². The van der Waals surface area contributed by atoms with Gasteiger partial charge in [0.2, 0.25) is 0 Å². The van der Waals surface area contributed by atoms with E-state index in [1.54, 1.807) is 0 Å². The molecule has 0 aliphatic rings. The first-order chi connectivity index (χ1) is 4.77. The monoisotopic (exact) mass is 161 g/mol. The second-order valence-corrected chi connectivity index (χ2v) is 2.70. The minimum absolute atomic E-state index is 0.225. The van der Waals surface area contributed by atoms with Crippen molar-refractivity contribution in [2.24, 2.45) is 0 Å². The van der Waals surface area contributed by atoms with Gasteiger partial charge in [-0.05, 0) is 6.42 Å². The molecule has 0 rings (SSSR count). The van der Waals surface area contributed by atoms with Gasteiger partial charge in [-0.1, -0.05) is 38.8 Å². The molecule has 60 valence electrons. The molecular formula is C7H15NOS. The van der Waals surface area contributed by atoms with Crippen LogP contribution in [-0.4, -0.2) is 11.8 Å². The molecule has 0 aliphatic carbocycles. The van der Waals surface area contributed by atoms with Crippen molar-refractivity contribution < 1.29 is 4.79 Å². The summed E-state index contributed by atoms with van der Waals surface area (Å²) in [5, 5.41) is 2.40.